The molecule has 102 valence electrons. The van der Waals surface area contributed by atoms with Crippen LogP contribution in [0.1, 0.15) is 37.9 Å². The summed E-state index contributed by atoms with van der Waals surface area (Å²) in [5, 5.41) is 12.4. The molecular formula is C15H20N2O2. The summed E-state index contributed by atoms with van der Waals surface area (Å²) in [4.78, 5) is 13.8. The van der Waals surface area contributed by atoms with Gasteiger partial charge in [0.1, 0.15) is 0 Å². The van der Waals surface area contributed by atoms with Crippen molar-refractivity contribution in [3.8, 4) is 0 Å². The van der Waals surface area contributed by atoms with E-state index in [0.717, 1.165) is 30.4 Å². The number of aliphatic hydroxyl groups excluding tert-OH is 1. The van der Waals surface area contributed by atoms with Crippen LogP contribution in [-0.4, -0.2) is 24.1 Å². The smallest absolute Gasteiger partial charge is 0.257 e. The van der Waals surface area contributed by atoms with Crippen LogP contribution in [0, 0.1) is 5.92 Å². The Hall–Kier alpha value is -1.55. The number of nitrogens with one attached hydrogen (secondary N) is 1. The maximum Gasteiger partial charge on any atom is 0.257 e. The zero-order valence-corrected chi connectivity index (χ0v) is 11.2. The third-order valence-corrected chi connectivity index (χ3v) is 4.30. The number of nitrogens with zero attached hydrogens (tertiary/aromatic N) is 1. The number of hydrogen-bond donors (Lipinski definition) is 2. The van der Waals surface area contributed by atoms with Crippen LogP contribution < -0.4 is 10.2 Å². The number of carbonyl (C=O) groups excluding carboxylic acids is 1. The van der Waals surface area contributed by atoms with E-state index in [1.807, 2.05) is 18.2 Å². The van der Waals surface area contributed by atoms with Crippen LogP contribution in [0.2, 0.25) is 0 Å². The third kappa shape index (κ3) is 2.21. The molecule has 4 heteroatoms. The summed E-state index contributed by atoms with van der Waals surface area (Å²) in [6, 6.07) is 5.87. The van der Waals surface area contributed by atoms with E-state index >= 15 is 0 Å². The van der Waals surface area contributed by atoms with Gasteiger partial charge in [0, 0.05) is 30.0 Å². The zero-order valence-electron chi connectivity index (χ0n) is 11.2. The van der Waals surface area contributed by atoms with Crippen LogP contribution in [0.15, 0.2) is 18.2 Å². The van der Waals surface area contributed by atoms with Crippen molar-refractivity contribution in [2.45, 2.75) is 32.3 Å². The van der Waals surface area contributed by atoms with E-state index in [4.69, 9.17) is 0 Å². The number of aliphatic hydroxyl groups is 1. The first-order valence-corrected chi connectivity index (χ1v) is 7.07. The summed E-state index contributed by atoms with van der Waals surface area (Å²) in [5.41, 5.74) is 2.60. The van der Waals surface area contributed by atoms with Gasteiger partial charge in [-0.2, -0.15) is 0 Å². The molecule has 1 saturated heterocycles. The van der Waals surface area contributed by atoms with Gasteiger partial charge < -0.3 is 15.3 Å². The highest BCUT2D eigenvalue weighted by molar-refractivity contribution is 6.02. The number of carbonyl (C=O) groups is 1. The van der Waals surface area contributed by atoms with Gasteiger partial charge in [0.15, 0.2) is 6.10 Å². The number of piperidine rings is 1. The Morgan fingerprint density at radius 1 is 1.47 bits per heavy atom. The molecule has 2 aliphatic heterocycles. The zero-order chi connectivity index (χ0) is 13.4. The van der Waals surface area contributed by atoms with Crippen LogP contribution >= 0.6 is 0 Å². The highest BCUT2D eigenvalue weighted by atomic mass is 16.3. The van der Waals surface area contributed by atoms with E-state index in [1.54, 1.807) is 0 Å². The van der Waals surface area contributed by atoms with Gasteiger partial charge in [-0.25, -0.2) is 0 Å². The molecule has 4 nitrogen and oxygen atoms in total. The van der Waals surface area contributed by atoms with Gasteiger partial charge in [-0.1, -0.05) is 19.4 Å². The average molecular weight is 260 g/mol. The molecule has 1 aromatic rings. The second-order valence-electron chi connectivity index (χ2n) is 5.53. The molecule has 0 aliphatic carbocycles. The van der Waals surface area contributed by atoms with E-state index in [0.29, 0.717) is 5.56 Å². The molecule has 0 spiro atoms. The second kappa shape index (κ2) is 4.85. The quantitative estimate of drug-likeness (QED) is 0.858. The maximum atomic E-state index is 11.4. The van der Waals surface area contributed by atoms with Gasteiger partial charge in [-0.05, 0) is 30.9 Å². The number of benzene rings is 1. The summed E-state index contributed by atoms with van der Waals surface area (Å²) >= 11 is 0. The number of fused-ring (bicyclic) bond motifs is 1. The first kappa shape index (κ1) is 12.5. The summed E-state index contributed by atoms with van der Waals surface area (Å²) in [6.45, 7) is 4.41. The highest BCUT2D eigenvalue weighted by Crippen LogP contribution is 2.35. The fourth-order valence-electron chi connectivity index (χ4n) is 3.06. The summed E-state index contributed by atoms with van der Waals surface area (Å²) in [6.07, 6.45) is 2.75. The Morgan fingerprint density at radius 2 is 2.32 bits per heavy atom. The van der Waals surface area contributed by atoms with Crippen LogP contribution in [0.4, 0.5) is 11.4 Å². The molecule has 2 aliphatic rings. The van der Waals surface area contributed by atoms with E-state index in [9.17, 15) is 9.90 Å². The minimum Gasteiger partial charge on any atom is -0.378 e. The topological polar surface area (TPSA) is 52.6 Å². The number of amides is 1. The van der Waals surface area contributed by atoms with Gasteiger partial charge in [-0.15, -0.1) is 0 Å². The summed E-state index contributed by atoms with van der Waals surface area (Å²) in [5.74, 6) is 0.444. The van der Waals surface area contributed by atoms with Crippen molar-refractivity contribution in [2.75, 3.05) is 23.3 Å². The minimum absolute atomic E-state index is 0.322. The van der Waals surface area contributed by atoms with Gasteiger partial charge >= 0.3 is 0 Å². The Bertz CT molecular complexity index is 501. The van der Waals surface area contributed by atoms with Gasteiger partial charge in [0.05, 0.1) is 0 Å². The number of hydrogen-bond acceptors (Lipinski definition) is 3. The van der Waals surface area contributed by atoms with Crippen LogP contribution in [-0.2, 0) is 4.79 Å². The lowest BCUT2D eigenvalue weighted by Gasteiger charge is -2.34. The van der Waals surface area contributed by atoms with Crippen LogP contribution in [0.5, 0.6) is 0 Å². The molecule has 19 heavy (non-hydrogen) atoms. The first-order chi connectivity index (χ1) is 9.19. The number of anilines is 2. The third-order valence-electron chi connectivity index (χ3n) is 4.30. The van der Waals surface area contributed by atoms with Crippen molar-refractivity contribution in [3.63, 3.8) is 0 Å². The summed E-state index contributed by atoms with van der Waals surface area (Å²) < 4.78 is 0. The molecular weight excluding hydrogens is 240 g/mol. The highest BCUT2D eigenvalue weighted by Gasteiger charge is 2.29. The van der Waals surface area contributed by atoms with Crippen molar-refractivity contribution in [1.82, 2.24) is 0 Å². The Balaban J connectivity index is 1.83. The molecule has 1 aromatic carbocycles. The van der Waals surface area contributed by atoms with E-state index in [2.05, 4.69) is 17.1 Å². The Kier molecular flexibility index (Phi) is 3.19. The lowest BCUT2D eigenvalue weighted by Crippen LogP contribution is -2.35. The Labute approximate surface area is 113 Å². The molecule has 2 heterocycles. The molecule has 1 amide bonds. The van der Waals surface area contributed by atoms with Crippen molar-refractivity contribution >= 4 is 17.3 Å². The Morgan fingerprint density at radius 3 is 3.11 bits per heavy atom. The average Bonchev–Trinajstić information content (AvgIpc) is 2.73. The number of rotatable bonds is 2. The van der Waals surface area contributed by atoms with Gasteiger partial charge in [-0.3, -0.25) is 4.79 Å². The molecule has 3 rings (SSSR count). The fourth-order valence-corrected chi connectivity index (χ4v) is 3.06. The predicted octanol–water partition coefficient (Wildman–Crippen LogP) is 2.30. The van der Waals surface area contributed by atoms with E-state index < -0.39 is 6.10 Å². The lowest BCUT2D eigenvalue weighted by atomic mass is 9.95. The van der Waals surface area contributed by atoms with E-state index in [1.165, 1.54) is 19.3 Å². The molecule has 1 fully saturated rings. The normalized spacial score (nSPS) is 26.2. The van der Waals surface area contributed by atoms with Crippen molar-refractivity contribution < 1.29 is 9.90 Å². The molecule has 0 saturated carbocycles. The predicted molar refractivity (Wildman–Crippen MR) is 75.3 cm³/mol. The summed E-state index contributed by atoms with van der Waals surface area (Å²) in [7, 11) is 0. The van der Waals surface area contributed by atoms with E-state index in [-0.39, 0.29) is 5.91 Å². The molecule has 2 unspecified atom stereocenters. The maximum absolute atomic E-state index is 11.4. The van der Waals surface area contributed by atoms with Crippen molar-refractivity contribution in [2.24, 2.45) is 5.92 Å². The van der Waals surface area contributed by atoms with Crippen LogP contribution in [0.3, 0.4) is 0 Å². The lowest BCUT2D eigenvalue weighted by molar-refractivity contribution is -0.123. The molecule has 0 bridgehead atoms. The standard InChI is InChI=1S/C15H20N2O2/c1-2-10-4-3-7-17(9-10)11-5-6-12-13(8-11)16-15(19)14(12)18/h5-6,8,10,14,18H,2-4,7,9H2,1H3,(H,16,19). The van der Waals surface area contributed by atoms with Crippen molar-refractivity contribution in [1.29, 1.82) is 0 Å². The van der Waals surface area contributed by atoms with Gasteiger partial charge in [0.2, 0.25) is 0 Å². The first-order valence-electron chi connectivity index (χ1n) is 7.07. The molecule has 2 N–H and O–H groups in total. The van der Waals surface area contributed by atoms with Gasteiger partial charge in [0.25, 0.3) is 5.91 Å². The second-order valence-corrected chi connectivity index (χ2v) is 5.53. The SMILES string of the molecule is CCC1CCCN(c2ccc3c(c2)NC(=O)C3O)C1. The molecule has 0 radical (unpaired) electrons. The fraction of sp³-hybridized carbons (Fsp3) is 0.533. The minimum atomic E-state index is -1.01. The molecule has 0 aromatic heterocycles. The van der Waals surface area contributed by atoms with Crippen LogP contribution in [0.25, 0.3) is 0 Å². The largest absolute Gasteiger partial charge is 0.378 e. The molecule has 2 atom stereocenters. The van der Waals surface area contributed by atoms with Crippen molar-refractivity contribution in [3.05, 3.63) is 23.8 Å². The monoisotopic (exact) mass is 260 g/mol.